The van der Waals surface area contributed by atoms with Gasteiger partial charge in [-0.1, -0.05) is 20.8 Å². The fourth-order valence-corrected chi connectivity index (χ4v) is 2.94. The van der Waals surface area contributed by atoms with Crippen LogP contribution in [0, 0.1) is 0 Å². The highest BCUT2D eigenvalue weighted by molar-refractivity contribution is 6.74. The van der Waals surface area contributed by atoms with Crippen LogP contribution >= 0.6 is 0 Å². The maximum atomic E-state index is 11.7. The maximum Gasteiger partial charge on any atom is 0.223 e. The van der Waals surface area contributed by atoms with Gasteiger partial charge in [0.25, 0.3) is 0 Å². The van der Waals surface area contributed by atoms with E-state index in [0.29, 0.717) is 19.6 Å². The van der Waals surface area contributed by atoms with Gasteiger partial charge in [0.05, 0.1) is 19.3 Å². The van der Waals surface area contributed by atoms with E-state index in [9.17, 15) is 4.79 Å². The van der Waals surface area contributed by atoms with Gasteiger partial charge < -0.3 is 14.4 Å². The van der Waals surface area contributed by atoms with Gasteiger partial charge in [-0.3, -0.25) is 4.79 Å². The average Bonchev–Trinajstić information content (AvgIpc) is 2.57. The quantitative estimate of drug-likeness (QED) is 0.779. The summed E-state index contributed by atoms with van der Waals surface area (Å²) in [4.78, 5) is 13.4. The van der Waals surface area contributed by atoms with Crippen LogP contribution in [0.25, 0.3) is 0 Å². The van der Waals surface area contributed by atoms with Crippen LogP contribution in [0.15, 0.2) is 0 Å². The Balaban J connectivity index is 2.55. The SMILES string of the molecule is CC(C)(C)[Si](C)(C)OC[C@@H]1CCC(=O)N1CCO. The lowest BCUT2D eigenvalue weighted by Crippen LogP contribution is -2.45. The molecule has 106 valence electrons. The molecule has 1 heterocycles. The number of aliphatic hydroxyl groups is 1. The number of carbonyl (C=O) groups is 1. The average molecular weight is 273 g/mol. The first-order valence-electron chi connectivity index (χ1n) is 6.73. The summed E-state index contributed by atoms with van der Waals surface area (Å²) in [6.07, 6.45) is 1.44. The topological polar surface area (TPSA) is 49.8 Å². The predicted molar refractivity (Wildman–Crippen MR) is 75.0 cm³/mol. The van der Waals surface area contributed by atoms with Crippen molar-refractivity contribution in [2.75, 3.05) is 19.8 Å². The van der Waals surface area contributed by atoms with E-state index in [1.54, 1.807) is 4.90 Å². The highest BCUT2D eigenvalue weighted by Crippen LogP contribution is 2.37. The lowest BCUT2D eigenvalue weighted by molar-refractivity contribution is -0.129. The summed E-state index contributed by atoms with van der Waals surface area (Å²) in [5, 5.41) is 9.19. The van der Waals surface area contributed by atoms with Crippen molar-refractivity contribution in [3.8, 4) is 0 Å². The fraction of sp³-hybridized carbons (Fsp3) is 0.923. The van der Waals surface area contributed by atoms with Crippen molar-refractivity contribution in [3.63, 3.8) is 0 Å². The number of hydrogen-bond donors (Lipinski definition) is 1. The van der Waals surface area contributed by atoms with Crippen molar-refractivity contribution in [2.45, 2.75) is 57.8 Å². The molecule has 18 heavy (non-hydrogen) atoms. The minimum atomic E-state index is -1.75. The number of β-amino-alcohol motifs (C(OH)–C–C–N with tert-alkyl or cyclic N) is 1. The molecule has 4 nitrogen and oxygen atoms in total. The molecule has 0 saturated carbocycles. The standard InChI is InChI=1S/C13H27NO3Si/c1-13(2,3)18(4,5)17-10-11-6-7-12(16)14(11)8-9-15/h11,15H,6-10H2,1-5H3/t11-/m0/s1. The molecule has 0 aromatic carbocycles. The molecule has 0 aromatic rings. The second-order valence-electron chi connectivity index (χ2n) is 6.57. The molecule has 1 aliphatic heterocycles. The van der Waals surface area contributed by atoms with Crippen molar-refractivity contribution in [1.29, 1.82) is 0 Å². The summed E-state index contributed by atoms with van der Waals surface area (Å²) in [6.45, 7) is 12.2. The number of carbonyl (C=O) groups excluding carboxylic acids is 1. The Morgan fingerprint density at radius 1 is 1.44 bits per heavy atom. The Hall–Kier alpha value is -0.393. The molecule has 5 heteroatoms. The molecule has 1 aliphatic rings. The van der Waals surface area contributed by atoms with Gasteiger partial charge in [-0.15, -0.1) is 0 Å². The molecule has 1 fully saturated rings. The van der Waals surface area contributed by atoms with Crippen LogP contribution in [0.4, 0.5) is 0 Å². The number of aliphatic hydroxyl groups excluding tert-OH is 1. The van der Waals surface area contributed by atoms with Crippen molar-refractivity contribution in [1.82, 2.24) is 4.90 Å². The Kier molecular flexibility index (Phi) is 4.97. The van der Waals surface area contributed by atoms with Crippen LogP contribution in [0.5, 0.6) is 0 Å². The van der Waals surface area contributed by atoms with Gasteiger partial charge in [0.15, 0.2) is 8.32 Å². The second kappa shape index (κ2) is 5.71. The van der Waals surface area contributed by atoms with Crippen molar-refractivity contribution < 1.29 is 14.3 Å². The summed E-state index contributed by atoms with van der Waals surface area (Å²) in [6, 6.07) is 0.152. The molecule has 0 aromatic heterocycles. The third-order valence-electron chi connectivity index (χ3n) is 4.24. The van der Waals surface area contributed by atoms with Gasteiger partial charge in [-0.05, 0) is 24.6 Å². The Labute approximate surface area is 111 Å². The molecule has 0 radical (unpaired) electrons. The van der Waals surface area contributed by atoms with Gasteiger partial charge in [-0.2, -0.15) is 0 Å². The summed E-state index contributed by atoms with van der Waals surface area (Å²) >= 11 is 0. The van der Waals surface area contributed by atoms with E-state index in [0.717, 1.165) is 6.42 Å². The molecule has 0 unspecified atom stereocenters. The third kappa shape index (κ3) is 3.55. The monoisotopic (exact) mass is 273 g/mol. The molecule has 0 bridgehead atoms. The van der Waals surface area contributed by atoms with E-state index in [1.165, 1.54) is 0 Å². The van der Waals surface area contributed by atoms with Gasteiger partial charge in [0, 0.05) is 13.0 Å². The van der Waals surface area contributed by atoms with Crippen LogP contribution in [0.1, 0.15) is 33.6 Å². The summed E-state index contributed by atoms with van der Waals surface area (Å²) in [7, 11) is -1.75. The molecule has 0 spiro atoms. The number of amides is 1. The summed E-state index contributed by atoms with van der Waals surface area (Å²) < 4.78 is 6.17. The minimum absolute atomic E-state index is 0.0301. The van der Waals surface area contributed by atoms with Crippen LogP contribution < -0.4 is 0 Å². The number of nitrogens with zero attached hydrogens (tertiary/aromatic N) is 1. The zero-order chi connectivity index (χ0) is 14.0. The van der Waals surface area contributed by atoms with Crippen molar-refractivity contribution in [3.05, 3.63) is 0 Å². The van der Waals surface area contributed by atoms with E-state index in [2.05, 4.69) is 33.9 Å². The van der Waals surface area contributed by atoms with E-state index >= 15 is 0 Å². The highest BCUT2D eigenvalue weighted by Gasteiger charge is 2.39. The Bertz CT molecular complexity index is 299. The summed E-state index contributed by atoms with van der Waals surface area (Å²) in [5.41, 5.74) is 0. The van der Waals surface area contributed by atoms with Crippen molar-refractivity contribution in [2.24, 2.45) is 0 Å². The molecule has 1 N–H and O–H groups in total. The Morgan fingerprint density at radius 3 is 2.56 bits per heavy atom. The molecule has 1 atom stereocenters. The zero-order valence-corrected chi connectivity index (χ0v) is 13.3. The predicted octanol–water partition coefficient (Wildman–Crippen LogP) is 1.99. The van der Waals surface area contributed by atoms with Gasteiger partial charge in [-0.25, -0.2) is 0 Å². The first-order chi connectivity index (χ1) is 8.19. The largest absolute Gasteiger partial charge is 0.415 e. The normalized spacial score (nSPS) is 21.8. The first kappa shape index (κ1) is 15.7. The van der Waals surface area contributed by atoms with Gasteiger partial charge >= 0.3 is 0 Å². The lowest BCUT2D eigenvalue weighted by atomic mass is 10.2. The zero-order valence-electron chi connectivity index (χ0n) is 12.3. The number of likely N-dealkylation sites (tertiary alicyclic amines) is 1. The molecule has 1 saturated heterocycles. The molecule has 1 amide bonds. The lowest BCUT2D eigenvalue weighted by Gasteiger charge is -2.38. The molecular formula is C13H27NO3Si. The maximum absolute atomic E-state index is 11.7. The van der Waals surface area contributed by atoms with E-state index in [1.807, 2.05) is 0 Å². The first-order valence-corrected chi connectivity index (χ1v) is 9.64. The smallest absolute Gasteiger partial charge is 0.223 e. The van der Waals surface area contributed by atoms with E-state index in [4.69, 9.17) is 9.53 Å². The summed E-state index contributed by atoms with van der Waals surface area (Å²) in [5.74, 6) is 0.146. The van der Waals surface area contributed by atoms with Crippen LogP contribution in [-0.2, 0) is 9.22 Å². The van der Waals surface area contributed by atoms with Crippen LogP contribution in [-0.4, -0.2) is 50.0 Å². The fourth-order valence-electron chi connectivity index (χ4n) is 1.90. The van der Waals surface area contributed by atoms with Crippen LogP contribution in [0.3, 0.4) is 0 Å². The van der Waals surface area contributed by atoms with Crippen molar-refractivity contribution >= 4 is 14.2 Å². The second-order valence-corrected chi connectivity index (χ2v) is 11.4. The van der Waals surface area contributed by atoms with Gasteiger partial charge in [0.1, 0.15) is 0 Å². The van der Waals surface area contributed by atoms with E-state index < -0.39 is 8.32 Å². The Morgan fingerprint density at radius 2 is 2.06 bits per heavy atom. The molecule has 1 rings (SSSR count). The minimum Gasteiger partial charge on any atom is -0.415 e. The highest BCUT2D eigenvalue weighted by atomic mass is 28.4. The molecule has 0 aliphatic carbocycles. The number of rotatable bonds is 5. The number of hydrogen-bond acceptors (Lipinski definition) is 3. The van der Waals surface area contributed by atoms with Crippen LogP contribution in [0.2, 0.25) is 18.1 Å². The molecular weight excluding hydrogens is 246 g/mol. The van der Waals surface area contributed by atoms with E-state index in [-0.39, 0.29) is 23.6 Å². The third-order valence-corrected chi connectivity index (χ3v) is 8.74. The van der Waals surface area contributed by atoms with Gasteiger partial charge in [0.2, 0.25) is 5.91 Å².